The molecule has 0 saturated carbocycles. The summed E-state index contributed by atoms with van der Waals surface area (Å²) in [6.45, 7) is 4.95. The minimum atomic E-state index is -1.56. The summed E-state index contributed by atoms with van der Waals surface area (Å²) < 4.78 is 5.16. The molecule has 9 nitrogen and oxygen atoms in total. The molecule has 4 N–H and O–H groups in total. The fourth-order valence-corrected chi connectivity index (χ4v) is 1.43. The van der Waals surface area contributed by atoms with E-state index < -0.39 is 48.5 Å². The van der Waals surface area contributed by atoms with Crippen LogP contribution in [0.2, 0.25) is 0 Å². The number of amides is 2. The van der Waals surface area contributed by atoms with Crippen molar-refractivity contribution < 1.29 is 34.1 Å². The van der Waals surface area contributed by atoms with Gasteiger partial charge in [0.05, 0.1) is 6.42 Å². The Morgan fingerprint density at radius 2 is 1.68 bits per heavy atom. The number of carbonyl (C=O) groups excluding carboxylic acids is 2. The van der Waals surface area contributed by atoms with Crippen molar-refractivity contribution in [3.63, 3.8) is 0 Å². The monoisotopic (exact) mass is 318 g/mol. The van der Waals surface area contributed by atoms with Gasteiger partial charge in [-0.1, -0.05) is 13.8 Å². The van der Waals surface area contributed by atoms with Gasteiger partial charge in [0.2, 0.25) is 5.91 Å². The summed E-state index contributed by atoms with van der Waals surface area (Å²) in [5, 5.41) is 21.5. The molecule has 0 saturated heterocycles. The van der Waals surface area contributed by atoms with E-state index in [2.05, 4.69) is 5.32 Å². The van der Waals surface area contributed by atoms with Gasteiger partial charge in [0, 0.05) is 0 Å². The van der Waals surface area contributed by atoms with E-state index >= 15 is 0 Å². The van der Waals surface area contributed by atoms with E-state index in [-0.39, 0.29) is 0 Å². The number of rotatable bonds is 9. The van der Waals surface area contributed by atoms with Crippen LogP contribution in [0.25, 0.3) is 0 Å². The van der Waals surface area contributed by atoms with Crippen molar-refractivity contribution in [1.29, 1.82) is 0 Å². The zero-order valence-corrected chi connectivity index (χ0v) is 12.8. The standard InChI is InChI=1S/C13H22N2O7/c1-4-13(3,5-2)22-12(21)14-7-9(16)15-8(11(19)20)6-10(17)18/h8H,4-7H2,1-3H3,(H,14,21)(H,15,16)(H,17,18)(H,19,20)/t8-/m0/s1. The highest BCUT2D eigenvalue weighted by Crippen LogP contribution is 2.19. The molecule has 0 aliphatic heterocycles. The number of alkyl carbamates (subject to hydrolysis) is 1. The van der Waals surface area contributed by atoms with Crippen LogP contribution in [0.4, 0.5) is 4.79 Å². The van der Waals surface area contributed by atoms with Gasteiger partial charge in [0.15, 0.2) is 0 Å². The number of nitrogens with one attached hydrogen (secondary N) is 2. The molecule has 0 fully saturated rings. The number of hydrogen-bond donors (Lipinski definition) is 4. The summed E-state index contributed by atoms with van der Waals surface area (Å²) in [5.74, 6) is -3.65. The van der Waals surface area contributed by atoms with E-state index in [1.807, 2.05) is 19.2 Å². The molecule has 0 spiro atoms. The first-order valence-corrected chi connectivity index (χ1v) is 6.84. The van der Waals surface area contributed by atoms with Crippen LogP contribution in [-0.4, -0.2) is 52.3 Å². The van der Waals surface area contributed by atoms with Gasteiger partial charge in [-0.15, -0.1) is 0 Å². The van der Waals surface area contributed by atoms with Crippen LogP contribution in [0.5, 0.6) is 0 Å². The van der Waals surface area contributed by atoms with Crippen molar-refractivity contribution in [2.24, 2.45) is 0 Å². The Morgan fingerprint density at radius 3 is 2.09 bits per heavy atom. The predicted octanol–water partition coefficient (Wildman–Crippen LogP) is 0.335. The van der Waals surface area contributed by atoms with Gasteiger partial charge in [-0.3, -0.25) is 9.59 Å². The van der Waals surface area contributed by atoms with E-state index in [1.54, 1.807) is 6.92 Å². The molecule has 0 aromatic heterocycles. The molecular weight excluding hydrogens is 296 g/mol. The van der Waals surface area contributed by atoms with Crippen LogP contribution in [-0.2, 0) is 19.1 Å². The van der Waals surface area contributed by atoms with E-state index in [0.717, 1.165) is 0 Å². The molecule has 0 bridgehead atoms. The van der Waals surface area contributed by atoms with Crippen molar-refractivity contribution in [3.8, 4) is 0 Å². The van der Waals surface area contributed by atoms with Gasteiger partial charge in [0.25, 0.3) is 0 Å². The molecule has 0 radical (unpaired) electrons. The average molecular weight is 318 g/mol. The lowest BCUT2D eigenvalue weighted by molar-refractivity contribution is -0.147. The number of carboxylic acids is 2. The Bertz CT molecular complexity index is 432. The van der Waals surface area contributed by atoms with Gasteiger partial charge in [-0.25, -0.2) is 9.59 Å². The van der Waals surface area contributed by atoms with Crippen molar-refractivity contribution in [2.45, 2.75) is 51.7 Å². The zero-order chi connectivity index (χ0) is 17.3. The second kappa shape index (κ2) is 8.85. The Labute approximate surface area is 128 Å². The molecule has 0 heterocycles. The van der Waals surface area contributed by atoms with E-state index in [1.165, 1.54) is 0 Å². The van der Waals surface area contributed by atoms with Crippen LogP contribution in [0.15, 0.2) is 0 Å². The molecule has 22 heavy (non-hydrogen) atoms. The molecule has 126 valence electrons. The second-order valence-electron chi connectivity index (χ2n) is 4.96. The van der Waals surface area contributed by atoms with Crippen LogP contribution in [0.1, 0.15) is 40.0 Å². The first-order valence-electron chi connectivity index (χ1n) is 6.84. The summed E-state index contributed by atoms with van der Waals surface area (Å²) in [6.07, 6.45) is -0.354. The smallest absolute Gasteiger partial charge is 0.408 e. The SMILES string of the molecule is CCC(C)(CC)OC(=O)NCC(=O)N[C@@H](CC(=O)O)C(=O)O. The van der Waals surface area contributed by atoms with E-state index in [9.17, 15) is 19.2 Å². The fraction of sp³-hybridized carbons (Fsp3) is 0.692. The molecule has 2 amide bonds. The van der Waals surface area contributed by atoms with Gasteiger partial charge in [-0.05, 0) is 19.8 Å². The number of carboxylic acid groups (broad SMARTS) is 2. The van der Waals surface area contributed by atoms with Crippen molar-refractivity contribution in [1.82, 2.24) is 10.6 Å². The third kappa shape index (κ3) is 7.46. The Kier molecular flexibility index (Phi) is 7.92. The molecule has 0 aromatic carbocycles. The molecular formula is C13H22N2O7. The highest BCUT2D eigenvalue weighted by atomic mass is 16.6. The van der Waals surface area contributed by atoms with Crippen LogP contribution >= 0.6 is 0 Å². The lowest BCUT2D eigenvalue weighted by atomic mass is 10.0. The lowest BCUT2D eigenvalue weighted by Crippen LogP contribution is -2.47. The number of aliphatic carboxylic acids is 2. The predicted molar refractivity (Wildman–Crippen MR) is 75.3 cm³/mol. The summed E-state index contributed by atoms with van der Waals surface area (Å²) >= 11 is 0. The normalized spacial score (nSPS) is 12.1. The van der Waals surface area contributed by atoms with Gasteiger partial charge in [-0.2, -0.15) is 0 Å². The molecule has 1 atom stereocenters. The first kappa shape index (κ1) is 19.7. The van der Waals surface area contributed by atoms with Crippen LogP contribution < -0.4 is 10.6 Å². The largest absolute Gasteiger partial charge is 0.481 e. The average Bonchev–Trinajstić information content (AvgIpc) is 2.43. The lowest BCUT2D eigenvalue weighted by Gasteiger charge is -2.26. The van der Waals surface area contributed by atoms with Gasteiger partial charge in [0.1, 0.15) is 18.2 Å². The Balaban J connectivity index is 4.35. The molecule has 0 aliphatic carbocycles. The summed E-state index contributed by atoms with van der Waals surface area (Å²) in [7, 11) is 0. The highest BCUT2D eigenvalue weighted by molar-refractivity contribution is 5.88. The van der Waals surface area contributed by atoms with E-state index in [4.69, 9.17) is 14.9 Å². The quantitative estimate of drug-likeness (QED) is 0.480. The fourth-order valence-electron chi connectivity index (χ4n) is 1.43. The van der Waals surface area contributed by atoms with Gasteiger partial charge >= 0.3 is 18.0 Å². The third-order valence-corrected chi connectivity index (χ3v) is 3.24. The molecule has 9 heteroatoms. The zero-order valence-electron chi connectivity index (χ0n) is 12.8. The van der Waals surface area contributed by atoms with Crippen molar-refractivity contribution in [2.75, 3.05) is 6.54 Å². The van der Waals surface area contributed by atoms with Crippen molar-refractivity contribution >= 4 is 23.9 Å². The summed E-state index contributed by atoms with van der Waals surface area (Å²) in [4.78, 5) is 44.3. The topological polar surface area (TPSA) is 142 Å². The summed E-state index contributed by atoms with van der Waals surface area (Å²) in [5.41, 5.74) is -0.645. The number of hydrogen-bond acceptors (Lipinski definition) is 5. The maximum Gasteiger partial charge on any atom is 0.408 e. The number of carbonyl (C=O) groups is 4. The molecule has 0 rings (SSSR count). The van der Waals surface area contributed by atoms with Crippen molar-refractivity contribution in [3.05, 3.63) is 0 Å². The minimum Gasteiger partial charge on any atom is -0.481 e. The van der Waals surface area contributed by atoms with Crippen LogP contribution in [0, 0.1) is 0 Å². The number of ether oxygens (including phenoxy) is 1. The molecule has 0 aliphatic rings. The Morgan fingerprint density at radius 1 is 1.14 bits per heavy atom. The summed E-state index contributed by atoms with van der Waals surface area (Å²) in [6, 6.07) is -1.56. The minimum absolute atomic E-state index is 0.508. The molecule has 0 unspecified atom stereocenters. The third-order valence-electron chi connectivity index (χ3n) is 3.24. The maximum atomic E-state index is 11.6. The maximum absolute atomic E-state index is 11.6. The van der Waals surface area contributed by atoms with Gasteiger partial charge < -0.3 is 25.6 Å². The molecule has 0 aromatic rings. The van der Waals surface area contributed by atoms with E-state index in [0.29, 0.717) is 12.8 Å². The first-order chi connectivity index (χ1) is 10.1. The Hall–Kier alpha value is -2.32. The second-order valence-corrected chi connectivity index (χ2v) is 4.96. The van der Waals surface area contributed by atoms with Crippen LogP contribution in [0.3, 0.4) is 0 Å². The highest BCUT2D eigenvalue weighted by Gasteiger charge is 2.26.